The van der Waals surface area contributed by atoms with E-state index < -0.39 is 0 Å². The fourth-order valence-corrected chi connectivity index (χ4v) is 2.33. The number of pyridine rings is 1. The SMILES string of the molecule is Cc1cncc(C2=C[C@@H]3NC[C@@H]3C2)c1. The number of fused-ring (bicyclic) bond motifs is 1. The van der Waals surface area contributed by atoms with Crippen LogP contribution in [0.1, 0.15) is 17.5 Å². The Kier molecular flexibility index (Phi) is 1.71. The molecule has 14 heavy (non-hydrogen) atoms. The quantitative estimate of drug-likeness (QED) is 0.723. The fourth-order valence-electron chi connectivity index (χ4n) is 2.33. The van der Waals surface area contributed by atoms with Gasteiger partial charge in [-0.2, -0.15) is 0 Å². The normalized spacial score (nSPS) is 29.4. The predicted molar refractivity (Wildman–Crippen MR) is 56.8 cm³/mol. The lowest BCUT2D eigenvalue weighted by atomic mass is 9.93. The fraction of sp³-hybridized carbons (Fsp3) is 0.417. The minimum atomic E-state index is 0.644. The number of rotatable bonds is 1. The molecule has 1 fully saturated rings. The molecule has 0 saturated carbocycles. The van der Waals surface area contributed by atoms with Crippen LogP contribution in [0.15, 0.2) is 24.5 Å². The molecule has 2 atom stereocenters. The Labute approximate surface area is 84.1 Å². The standard InChI is InChI=1S/C12H14N2/c1-8-2-10(6-13-5-8)9-3-11-7-14-12(11)4-9/h2,4-6,11-12,14H,3,7H2,1H3/t11-,12-/m0/s1. The Morgan fingerprint density at radius 3 is 2.93 bits per heavy atom. The minimum Gasteiger partial charge on any atom is -0.310 e. The molecule has 0 bridgehead atoms. The van der Waals surface area contributed by atoms with Crippen molar-refractivity contribution in [3.8, 4) is 0 Å². The van der Waals surface area contributed by atoms with Gasteiger partial charge in [-0.05, 0) is 42.0 Å². The van der Waals surface area contributed by atoms with Crippen molar-refractivity contribution < 1.29 is 0 Å². The average Bonchev–Trinajstić information content (AvgIpc) is 2.43. The second-order valence-corrected chi connectivity index (χ2v) is 4.34. The zero-order valence-corrected chi connectivity index (χ0v) is 8.33. The van der Waals surface area contributed by atoms with Crippen LogP contribution in [0.25, 0.3) is 5.57 Å². The highest BCUT2D eigenvalue weighted by molar-refractivity contribution is 5.69. The van der Waals surface area contributed by atoms with E-state index in [1.807, 2.05) is 12.4 Å². The van der Waals surface area contributed by atoms with Crippen LogP contribution in [-0.4, -0.2) is 17.6 Å². The molecule has 0 radical (unpaired) electrons. The molecule has 1 aliphatic carbocycles. The Morgan fingerprint density at radius 2 is 2.36 bits per heavy atom. The first-order chi connectivity index (χ1) is 6.83. The molecule has 2 nitrogen and oxygen atoms in total. The molecule has 0 amide bonds. The van der Waals surface area contributed by atoms with Crippen LogP contribution in [-0.2, 0) is 0 Å². The van der Waals surface area contributed by atoms with E-state index in [0.717, 1.165) is 5.92 Å². The summed E-state index contributed by atoms with van der Waals surface area (Å²) in [5.74, 6) is 0.852. The van der Waals surface area contributed by atoms with E-state index in [2.05, 4.69) is 29.4 Å². The number of nitrogens with one attached hydrogen (secondary N) is 1. The summed E-state index contributed by atoms with van der Waals surface area (Å²) >= 11 is 0. The van der Waals surface area contributed by atoms with Gasteiger partial charge in [-0.25, -0.2) is 0 Å². The van der Waals surface area contributed by atoms with E-state index in [1.54, 1.807) is 0 Å². The van der Waals surface area contributed by atoms with E-state index in [-0.39, 0.29) is 0 Å². The molecule has 0 spiro atoms. The maximum absolute atomic E-state index is 4.24. The second kappa shape index (κ2) is 2.92. The van der Waals surface area contributed by atoms with Crippen molar-refractivity contribution in [2.24, 2.45) is 5.92 Å². The maximum Gasteiger partial charge on any atom is 0.0343 e. The number of aryl methyl sites for hydroxylation is 1. The van der Waals surface area contributed by atoms with Gasteiger partial charge in [-0.1, -0.05) is 6.08 Å². The molecule has 3 rings (SSSR count). The zero-order valence-electron chi connectivity index (χ0n) is 8.33. The van der Waals surface area contributed by atoms with Gasteiger partial charge in [0, 0.05) is 25.0 Å². The van der Waals surface area contributed by atoms with Gasteiger partial charge in [0.15, 0.2) is 0 Å². The molecule has 1 aromatic rings. The third-order valence-electron chi connectivity index (χ3n) is 3.23. The number of nitrogens with zero attached hydrogens (tertiary/aromatic N) is 1. The number of allylic oxidation sites excluding steroid dienone is 1. The van der Waals surface area contributed by atoms with E-state index in [1.165, 1.54) is 29.7 Å². The molecule has 0 aromatic carbocycles. The molecule has 2 heteroatoms. The third-order valence-corrected chi connectivity index (χ3v) is 3.23. The summed E-state index contributed by atoms with van der Waals surface area (Å²) in [6.07, 6.45) is 7.48. The van der Waals surface area contributed by atoms with Gasteiger partial charge in [-0.15, -0.1) is 0 Å². The van der Waals surface area contributed by atoms with Crippen molar-refractivity contribution in [2.75, 3.05) is 6.54 Å². The van der Waals surface area contributed by atoms with Gasteiger partial charge in [0.1, 0.15) is 0 Å². The van der Waals surface area contributed by atoms with Crippen molar-refractivity contribution in [3.05, 3.63) is 35.7 Å². The van der Waals surface area contributed by atoms with Crippen LogP contribution >= 0.6 is 0 Å². The lowest BCUT2D eigenvalue weighted by Gasteiger charge is -2.31. The first-order valence-corrected chi connectivity index (χ1v) is 5.19. The largest absolute Gasteiger partial charge is 0.310 e. The van der Waals surface area contributed by atoms with Crippen LogP contribution in [0.2, 0.25) is 0 Å². The number of hydrogen-bond acceptors (Lipinski definition) is 2. The van der Waals surface area contributed by atoms with E-state index in [4.69, 9.17) is 0 Å². The highest BCUT2D eigenvalue weighted by Crippen LogP contribution is 2.36. The summed E-state index contributed by atoms with van der Waals surface area (Å²) in [6, 6.07) is 2.87. The Morgan fingerprint density at radius 1 is 1.43 bits per heavy atom. The van der Waals surface area contributed by atoms with Gasteiger partial charge in [0.2, 0.25) is 0 Å². The topological polar surface area (TPSA) is 24.9 Å². The number of hydrogen-bond donors (Lipinski definition) is 1. The summed E-state index contributed by atoms with van der Waals surface area (Å²) in [6.45, 7) is 3.28. The third kappa shape index (κ3) is 1.18. The first kappa shape index (κ1) is 8.18. The van der Waals surface area contributed by atoms with E-state index in [9.17, 15) is 0 Å². The molecule has 1 N–H and O–H groups in total. The van der Waals surface area contributed by atoms with Gasteiger partial charge in [-0.3, -0.25) is 4.98 Å². The smallest absolute Gasteiger partial charge is 0.0343 e. The maximum atomic E-state index is 4.24. The molecule has 1 aliphatic heterocycles. The Hall–Kier alpha value is -1.15. The minimum absolute atomic E-state index is 0.644. The zero-order chi connectivity index (χ0) is 9.54. The van der Waals surface area contributed by atoms with Crippen molar-refractivity contribution in [2.45, 2.75) is 19.4 Å². The van der Waals surface area contributed by atoms with Gasteiger partial charge in [0.05, 0.1) is 0 Å². The highest BCUT2D eigenvalue weighted by Gasteiger charge is 2.34. The highest BCUT2D eigenvalue weighted by atomic mass is 15.0. The first-order valence-electron chi connectivity index (χ1n) is 5.19. The predicted octanol–water partition coefficient (Wildman–Crippen LogP) is 1.77. The number of aromatic nitrogens is 1. The summed E-state index contributed by atoms with van der Waals surface area (Å²) in [5, 5.41) is 3.42. The lowest BCUT2D eigenvalue weighted by molar-refractivity contribution is 0.301. The van der Waals surface area contributed by atoms with Crippen LogP contribution in [0.3, 0.4) is 0 Å². The van der Waals surface area contributed by atoms with Crippen LogP contribution in [0, 0.1) is 12.8 Å². The lowest BCUT2D eigenvalue weighted by Crippen LogP contribution is -2.49. The van der Waals surface area contributed by atoms with Crippen molar-refractivity contribution in [1.29, 1.82) is 0 Å². The van der Waals surface area contributed by atoms with Gasteiger partial charge < -0.3 is 5.32 Å². The van der Waals surface area contributed by atoms with Gasteiger partial charge in [0.25, 0.3) is 0 Å². The molecule has 2 heterocycles. The van der Waals surface area contributed by atoms with Crippen LogP contribution in [0.4, 0.5) is 0 Å². The van der Waals surface area contributed by atoms with Crippen molar-refractivity contribution in [3.63, 3.8) is 0 Å². The van der Waals surface area contributed by atoms with Crippen molar-refractivity contribution in [1.82, 2.24) is 10.3 Å². The monoisotopic (exact) mass is 186 g/mol. The average molecular weight is 186 g/mol. The molecular weight excluding hydrogens is 172 g/mol. The molecule has 1 aromatic heterocycles. The molecule has 0 unspecified atom stereocenters. The Bertz CT molecular complexity index is 395. The van der Waals surface area contributed by atoms with E-state index in [0.29, 0.717) is 6.04 Å². The Balaban J connectivity index is 1.92. The summed E-state index contributed by atoms with van der Waals surface area (Å²) in [7, 11) is 0. The van der Waals surface area contributed by atoms with Crippen LogP contribution in [0.5, 0.6) is 0 Å². The summed E-state index contributed by atoms with van der Waals surface area (Å²) in [5.41, 5.74) is 4.03. The second-order valence-electron chi connectivity index (χ2n) is 4.34. The molecule has 1 saturated heterocycles. The van der Waals surface area contributed by atoms with Gasteiger partial charge >= 0.3 is 0 Å². The molecule has 72 valence electrons. The van der Waals surface area contributed by atoms with Crippen molar-refractivity contribution >= 4 is 5.57 Å². The van der Waals surface area contributed by atoms with E-state index >= 15 is 0 Å². The van der Waals surface area contributed by atoms with Crippen LogP contribution < -0.4 is 5.32 Å². The molecule has 2 aliphatic rings. The summed E-state index contributed by atoms with van der Waals surface area (Å²) < 4.78 is 0. The molecular formula is C12H14N2. The summed E-state index contributed by atoms with van der Waals surface area (Å²) in [4.78, 5) is 4.24.